The Labute approximate surface area is 204 Å². The highest BCUT2D eigenvalue weighted by Crippen LogP contribution is 2.28. The molecule has 0 unspecified atom stereocenters. The molecule has 0 atom stereocenters. The number of rotatable bonds is 8. The minimum atomic E-state index is -0.512. The third-order valence-corrected chi connectivity index (χ3v) is 6.20. The largest absolute Gasteiger partial charge is 0.497 e. The van der Waals surface area contributed by atoms with E-state index in [1.165, 1.54) is 13.2 Å². The number of pyridine rings is 1. The molecule has 0 radical (unpaired) electrons. The van der Waals surface area contributed by atoms with Gasteiger partial charge in [-0.15, -0.1) is 0 Å². The molecule has 3 aromatic rings. The Morgan fingerprint density at radius 2 is 1.71 bits per heavy atom. The minimum Gasteiger partial charge on any atom is -0.497 e. The maximum absolute atomic E-state index is 13.0. The molecule has 0 aliphatic carbocycles. The van der Waals surface area contributed by atoms with E-state index in [4.69, 9.17) is 18.9 Å². The van der Waals surface area contributed by atoms with E-state index in [1.807, 2.05) is 48.5 Å². The number of hydrogen-bond donors (Lipinski definition) is 0. The van der Waals surface area contributed by atoms with E-state index < -0.39 is 5.97 Å². The monoisotopic (exact) mass is 478 g/mol. The van der Waals surface area contributed by atoms with E-state index in [9.17, 15) is 9.59 Å². The second kappa shape index (κ2) is 11.1. The zero-order valence-electron chi connectivity index (χ0n) is 20.3. The Balaban J connectivity index is 1.59. The van der Waals surface area contributed by atoms with Gasteiger partial charge in [0.05, 0.1) is 21.3 Å². The average Bonchev–Trinajstić information content (AvgIpc) is 3.11. The van der Waals surface area contributed by atoms with E-state index in [0.29, 0.717) is 43.9 Å². The van der Waals surface area contributed by atoms with Gasteiger partial charge in [0.2, 0.25) is 0 Å². The lowest BCUT2D eigenvalue weighted by atomic mass is 10.1. The molecule has 2 heterocycles. The summed E-state index contributed by atoms with van der Waals surface area (Å²) in [7, 11) is 4.59. The van der Waals surface area contributed by atoms with Crippen molar-refractivity contribution in [1.29, 1.82) is 0 Å². The number of hydrogen-bond acceptors (Lipinski definition) is 7. The van der Waals surface area contributed by atoms with Gasteiger partial charge in [-0.1, -0.05) is 36.4 Å². The number of aromatic nitrogens is 1. The molecule has 0 saturated heterocycles. The van der Waals surface area contributed by atoms with Crippen molar-refractivity contribution < 1.29 is 23.7 Å². The number of carbonyl (C=O) groups excluding carboxylic acids is 1. The standard InChI is InChI=1S/C27H30N2O6/c1-32-21-10-9-20(23(15-21)33-2)17-28-12-11-22-26(27(31)34-3)24(16-25(30)29(22)14-13-28)35-18-19-7-5-4-6-8-19/h4-10,15-16H,11-14,17-18H2,1-3H3. The second-order valence-corrected chi connectivity index (χ2v) is 8.29. The van der Waals surface area contributed by atoms with E-state index in [2.05, 4.69) is 4.90 Å². The molecule has 35 heavy (non-hydrogen) atoms. The number of benzene rings is 2. The molecule has 184 valence electrons. The van der Waals surface area contributed by atoms with Crippen molar-refractivity contribution in [2.75, 3.05) is 34.4 Å². The molecule has 0 bridgehead atoms. The van der Waals surface area contributed by atoms with Crippen LogP contribution in [0.5, 0.6) is 17.2 Å². The molecule has 2 aromatic carbocycles. The van der Waals surface area contributed by atoms with Crippen LogP contribution in [-0.4, -0.2) is 49.9 Å². The molecule has 4 rings (SSSR count). The maximum atomic E-state index is 13.0. The molecule has 8 nitrogen and oxygen atoms in total. The summed E-state index contributed by atoms with van der Waals surface area (Å²) in [5.41, 5.74) is 2.72. The molecular weight excluding hydrogens is 448 g/mol. The molecule has 0 saturated carbocycles. The summed E-state index contributed by atoms with van der Waals surface area (Å²) in [6.07, 6.45) is 0.501. The van der Waals surface area contributed by atoms with Crippen LogP contribution >= 0.6 is 0 Å². The summed E-state index contributed by atoms with van der Waals surface area (Å²) in [5.74, 6) is 1.21. The molecule has 0 N–H and O–H groups in total. The van der Waals surface area contributed by atoms with Gasteiger partial charge in [-0.05, 0) is 11.6 Å². The summed E-state index contributed by atoms with van der Waals surface area (Å²) >= 11 is 0. The van der Waals surface area contributed by atoms with Crippen molar-refractivity contribution in [1.82, 2.24) is 9.47 Å². The fourth-order valence-corrected chi connectivity index (χ4v) is 4.35. The van der Waals surface area contributed by atoms with Crippen LogP contribution in [0.2, 0.25) is 0 Å². The van der Waals surface area contributed by atoms with Crippen molar-refractivity contribution in [3.05, 3.63) is 87.3 Å². The van der Waals surface area contributed by atoms with Crippen LogP contribution in [-0.2, 0) is 30.9 Å². The average molecular weight is 479 g/mol. The third kappa shape index (κ3) is 5.49. The number of esters is 1. The number of methoxy groups -OCH3 is 3. The van der Waals surface area contributed by atoms with Crippen LogP contribution < -0.4 is 19.8 Å². The van der Waals surface area contributed by atoms with Crippen molar-refractivity contribution in [2.24, 2.45) is 0 Å². The van der Waals surface area contributed by atoms with E-state index in [1.54, 1.807) is 18.8 Å². The normalized spacial score (nSPS) is 13.5. The van der Waals surface area contributed by atoms with Crippen LogP contribution in [0.1, 0.15) is 27.2 Å². The number of ether oxygens (including phenoxy) is 4. The topological polar surface area (TPSA) is 79.2 Å². The molecule has 1 aliphatic rings. The SMILES string of the molecule is COC(=O)c1c(OCc2ccccc2)cc(=O)n2c1CCN(Cc1ccc(OC)cc1OC)CC2. The van der Waals surface area contributed by atoms with Crippen molar-refractivity contribution in [3.8, 4) is 17.2 Å². The zero-order valence-corrected chi connectivity index (χ0v) is 20.3. The second-order valence-electron chi connectivity index (χ2n) is 8.29. The summed E-state index contributed by atoms with van der Waals surface area (Å²) in [6, 6.07) is 16.7. The fourth-order valence-electron chi connectivity index (χ4n) is 4.35. The molecule has 8 heteroatoms. The van der Waals surface area contributed by atoms with Crippen LogP contribution in [0.15, 0.2) is 59.4 Å². The molecule has 1 aromatic heterocycles. The summed E-state index contributed by atoms with van der Waals surface area (Å²) < 4.78 is 23.5. The lowest BCUT2D eigenvalue weighted by Crippen LogP contribution is -2.29. The fraction of sp³-hybridized carbons (Fsp3) is 0.333. The predicted molar refractivity (Wildman–Crippen MR) is 131 cm³/mol. The smallest absolute Gasteiger partial charge is 0.343 e. The highest BCUT2D eigenvalue weighted by molar-refractivity contribution is 5.93. The molecular formula is C27H30N2O6. The molecule has 1 aliphatic heterocycles. The lowest BCUT2D eigenvalue weighted by Gasteiger charge is -2.21. The van der Waals surface area contributed by atoms with Gasteiger partial charge >= 0.3 is 5.97 Å². The minimum absolute atomic E-state index is 0.195. The van der Waals surface area contributed by atoms with Gasteiger partial charge in [0.15, 0.2) is 0 Å². The van der Waals surface area contributed by atoms with Crippen LogP contribution in [0.4, 0.5) is 0 Å². The Morgan fingerprint density at radius 1 is 0.914 bits per heavy atom. The van der Waals surface area contributed by atoms with Gasteiger partial charge in [-0.25, -0.2) is 4.79 Å². The van der Waals surface area contributed by atoms with Gasteiger partial charge in [0, 0.05) is 56.0 Å². The lowest BCUT2D eigenvalue weighted by molar-refractivity contribution is 0.0592. The van der Waals surface area contributed by atoms with Crippen molar-refractivity contribution in [3.63, 3.8) is 0 Å². The zero-order chi connectivity index (χ0) is 24.8. The Kier molecular flexibility index (Phi) is 7.72. The first-order valence-corrected chi connectivity index (χ1v) is 11.5. The highest BCUT2D eigenvalue weighted by Gasteiger charge is 2.26. The maximum Gasteiger partial charge on any atom is 0.343 e. The third-order valence-electron chi connectivity index (χ3n) is 6.20. The first kappa shape index (κ1) is 24.3. The molecule has 0 fully saturated rings. The predicted octanol–water partition coefficient (Wildman–Crippen LogP) is 3.29. The first-order valence-electron chi connectivity index (χ1n) is 11.5. The van der Waals surface area contributed by atoms with Crippen LogP contribution in [0.3, 0.4) is 0 Å². The van der Waals surface area contributed by atoms with E-state index >= 15 is 0 Å². The summed E-state index contributed by atoms with van der Waals surface area (Å²) in [6.45, 7) is 2.64. The Bertz CT molecular complexity index is 1240. The molecule has 0 amide bonds. The van der Waals surface area contributed by atoms with Gasteiger partial charge in [0.1, 0.15) is 29.4 Å². The van der Waals surface area contributed by atoms with E-state index in [0.717, 1.165) is 22.6 Å². The number of nitrogens with zero attached hydrogens (tertiary/aromatic N) is 2. The first-order chi connectivity index (χ1) is 17.0. The number of fused-ring (bicyclic) bond motifs is 1. The van der Waals surface area contributed by atoms with Crippen LogP contribution in [0.25, 0.3) is 0 Å². The quantitative estimate of drug-likeness (QED) is 0.460. The summed E-state index contributed by atoms with van der Waals surface area (Å²) in [5, 5.41) is 0. The molecule has 0 spiro atoms. The highest BCUT2D eigenvalue weighted by atomic mass is 16.5. The van der Waals surface area contributed by atoms with Gasteiger partial charge < -0.3 is 23.5 Å². The van der Waals surface area contributed by atoms with Crippen molar-refractivity contribution >= 4 is 5.97 Å². The van der Waals surface area contributed by atoms with Crippen molar-refractivity contribution in [2.45, 2.75) is 26.1 Å². The van der Waals surface area contributed by atoms with Gasteiger partial charge in [0.25, 0.3) is 5.56 Å². The van der Waals surface area contributed by atoms with E-state index in [-0.39, 0.29) is 17.9 Å². The van der Waals surface area contributed by atoms with Gasteiger partial charge in [-0.2, -0.15) is 0 Å². The van der Waals surface area contributed by atoms with Gasteiger partial charge in [-0.3, -0.25) is 9.69 Å². The summed E-state index contributed by atoms with van der Waals surface area (Å²) in [4.78, 5) is 28.1. The van der Waals surface area contributed by atoms with Crippen LogP contribution in [0, 0.1) is 0 Å². The Hall–Kier alpha value is -3.78. The number of carbonyl (C=O) groups is 1. The Morgan fingerprint density at radius 3 is 2.43 bits per heavy atom.